The van der Waals surface area contributed by atoms with Gasteiger partial charge in [0.1, 0.15) is 12.4 Å². The molecule has 0 aliphatic heterocycles. The first-order valence-corrected chi connectivity index (χ1v) is 5.99. The molecular formula is C6H11F6N2P. The third-order valence-electron chi connectivity index (χ3n) is 1.08. The molecule has 0 radical (unpaired) electrons. The Balaban J connectivity index is 0.000000265. The zero-order valence-corrected chi connectivity index (χ0v) is 8.70. The molecule has 1 N–H and O–H groups in total. The van der Waals surface area contributed by atoms with Crippen molar-refractivity contribution in [3.05, 3.63) is 18.7 Å². The van der Waals surface area contributed by atoms with Crippen molar-refractivity contribution in [2.75, 3.05) is 0 Å². The van der Waals surface area contributed by atoms with E-state index in [4.69, 9.17) is 0 Å². The van der Waals surface area contributed by atoms with Gasteiger partial charge < -0.3 is 0 Å². The summed E-state index contributed by atoms with van der Waals surface area (Å²) in [7, 11) is -10.7. The molecule has 0 spiro atoms. The van der Waals surface area contributed by atoms with E-state index in [1.807, 2.05) is 18.7 Å². The monoisotopic (exact) mass is 256 g/mol. The van der Waals surface area contributed by atoms with Crippen LogP contribution >= 0.6 is 7.81 Å². The van der Waals surface area contributed by atoms with Crippen LogP contribution in [0.2, 0.25) is 0 Å². The third-order valence-corrected chi connectivity index (χ3v) is 1.08. The fourth-order valence-electron chi connectivity index (χ4n) is 0.718. The van der Waals surface area contributed by atoms with Crippen molar-refractivity contribution in [3.8, 4) is 0 Å². The Labute approximate surface area is 82.2 Å². The van der Waals surface area contributed by atoms with Gasteiger partial charge >= 0.3 is 33.0 Å². The summed E-state index contributed by atoms with van der Waals surface area (Å²) in [4.78, 5) is 2.98. The van der Waals surface area contributed by atoms with E-state index in [1.165, 1.54) is 6.42 Å². The molecule has 0 aromatic carbocycles. The summed E-state index contributed by atoms with van der Waals surface area (Å²) in [5, 5.41) is 0. The predicted molar refractivity (Wildman–Crippen MR) is 44.8 cm³/mol. The van der Waals surface area contributed by atoms with Crippen LogP contribution in [0.25, 0.3) is 0 Å². The summed E-state index contributed by atoms with van der Waals surface area (Å²) < 4.78 is 61.3. The van der Waals surface area contributed by atoms with Crippen molar-refractivity contribution in [2.45, 2.75) is 19.9 Å². The number of aromatic amines is 1. The van der Waals surface area contributed by atoms with Gasteiger partial charge in [0.05, 0.1) is 6.54 Å². The summed E-state index contributed by atoms with van der Waals surface area (Å²) in [6.07, 6.45) is 7.12. The fourth-order valence-corrected chi connectivity index (χ4v) is 0.718. The van der Waals surface area contributed by atoms with Crippen molar-refractivity contribution in [3.63, 3.8) is 0 Å². The number of imidazole rings is 1. The van der Waals surface area contributed by atoms with Gasteiger partial charge in [-0.3, -0.25) is 4.98 Å². The molecule has 0 bridgehead atoms. The van der Waals surface area contributed by atoms with E-state index in [0.29, 0.717) is 0 Å². The Hall–Kier alpha value is -0.780. The molecule has 0 saturated carbocycles. The number of H-pyrrole nitrogens is 1. The van der Waals surface area contributed by atoms with Gasteiger partial charge in [0.25, 0.3) is 0 Å². The number of hydrogen-bond donors (Lipinski definition) is 1. The van der Waals surface area contributed by atoms with Gasteiger partial charge in [-0.1, -0.05) is 6.92 Å². The third kappa shape index (κ3) is 19.6. The van der Waals surface area contributed by atoms with Crippen molar-refractivity contribution in [2.24, 2.45) is 0 Å². The molecule has 0 aliphatic rings. The zero-order chi connectivity index (χ0) is 12.2. The Morgan fingerprint density at radius 3 is 1.87 bits per heavy atom. The minimum absolute atomic E-state index is 1.11. The molecule has 0 aliphatic carbocycles. The van der Waals surface area contributed by atoms with Crippen LogP contribution in [-0.2, 0) is 6.54 Å². The summed E-state index contributed by atoms with van der Waals surface area (Å²) in [6.45, 7) is 3.28. The molecule has 9 heteroatoms. The summed E-state index contributed by atoms with van der Waals surface area (Å²) in [5.41, 5.74) is 0. The summed E-state index contributed by atoms with van der Waals surface area (Å²) >= 11 is 0. The van der Waals surface area contributed by atoms with Crippen LogP contribution in [0.3, 0.4) is 0 Å². The SMILES string of the molecule is CCC[n+]1cc[nH]c1.F[P-](F)(F)(F)(F)F. The van der Waals surface area contributed by atoms with Crippen LogP contribution < -0.4 is 4.57 Å². The Bertz CT molecular complexity index is 276. The van der Waals surface area contributed by atoms with Crippen LogP contribution in [0.15, 0.2) is 18.7 Å². The van der Waals surface area contributed by atoms with Crippen LogP contribution in [0, 0.1) is 0 Å². The van der Waals surface area contributed by atoms with E-state index in [2.05, 4.69) is 16.5 Å². The molecule has 0 saturated heterocycles. The Kier molecular flexibility index (Phi) is 3.47. The summed E-state index contributed by atoms with van der Waals surface area (Å²) in [6, 6.07) is 0. The summed E-state index contributed by atoms with van der Waals surface area (Å²) in [5.74, 6) is 0. The number of halogens is 6. The molecule has 0 unspecified atom stereocenters. The first-order valence-electron chi connectivity index (χ1n) is 3.96. The van der Waals surface area contributed by atoms with Crippen molar-refractivity contribution < 1.29 is 29.7 Å². The van der Waals surface area contributed by atoms with Gasteiger partial charge in [0.15, 0.2) is 0 Å². The maximum atomic E-state index is 9.87. The standard InChI is InChI=1S/C6H10N2.F6P/c1-2-4-8-5-3-7-6-8;1-7(2,3,4,5)6/h3,5-6H,2,4H2,1H3;/q;-1/p+1. The molecule has 0 amide bonds. The van der Waals surface area contributed by atoms with Crippen LogP contribution in [0.5, 0.6) is 0 Å². The quantitative estimate of drug-likeness (QED) is 0.467. The van der Waals surface area contributed by atoms with E-state index >= 15 is 0 Å². The van der Waals surface area contributed by atoms with Crippen LogP contribution in [-0.4, -0.2) is 4.98 Å². The number of aryl methyl sites for hydroxylation is 1. The predicted octanol–water partition coefficient (Wildman–Crippen LogP) is 4.09. The molecule has 0 atom stereocenters. The van der Waals surface area contributed by atoms with Crippen molar-refractivity contribution >= 4 is 7.81 Å². The number of nitrogens with one attached hydrogen (secondary N) is 1. The second kappa shape index (κ2) is 3.66. The van der Waals surface area contributed by atoms with Crippen molar-refractivity contribution in [1.29, 1.82) is 0 Å². The average molecular weight is 256 g/mol. The number of aromatic nitrogens is 2. The van der Waals surface area contributed by atoms with E-state index < -0.39 is 7.81 Å². The number of hydrogen-bond acceptors (Lipinski definition) is 0. The van der Waals surface area contributed by atoms with Gasteiger partial charge in [0, 0.05) is 0 Å². The van der Waals surface area contributed by atoms with E-state index in [-0.39, 0.29) is 0 Å². The number of nitrogens with zero attached hydrogens (tertiary/aromatic N) is 1. The molecule has 1 rings (SSSR count). The van der Waals surface area contributed by atoms with E-state index in [0.717, 1.165) is 6.54 Å². The van der Waals surface area contributed by atoms with Gasteiger partial charge in [-0.25, -0.2) is 4.57 Å². The first kappa shape index (κ1) is 14.2. The maximum absolute atomic E-state index is 10.7. The topological polar surface area (TPSA) is 19.7 Å². The molecule has 1 heterocycles. The number of rotatable bonds is 2. The van der Waals surface area contributed by atoms with Crippen LogP contribution in [0.4, 0.5) is 25.2 Å². The zero-order valence-electron chi connectivity index (χ0n) is 7.81. The average Bonchev–Trinajstić information content (AvgIpc) is 2.32. The van der Waals surface area contributed by atoms with Crippen LogP contribution in [0.1, 0.15) is 13.3 Å². The van der Waals surface area contributed by atoms with Gasteiger partial charge in [0.2, 0.25) is 6.33 Å². The van der Waals surface area contributed by atoms with Gasteiger partial charge in [-0.15, -0.1) is 0 Å². The second-order valence-corrected chi connectivity index (χ2v) is 4.72. The molecule has 0 fully saturated rings. The van der Waals surface area contributed by atoms with E-state index in [1.54, 1.807) is 0 Å². The van der Waals surface area contributed by atoms with Crippen molar-refractivity contribution in [1.82, 2.24) is 4.98 Å². The minimum atomic E-state index is -10.7. The molecule has 1 aromatic heterocycles. The second-order valence-electron chi connectivity index (χ2n) is 2.81. The van der Waals surface area contributed by atoms with Gasteiger partial charge in [-0.2, -0.15) is 0 Å². The normalized spacial score (nSPS) is 15.9. The molecule has 92 valence electrons. The molecule has 2 nitrogen and oxygen atoms in total. The molecule has 15 heavy (non-hydrogen) atoms. The van der Waals surface area contributed by atoms with E-state index in [9.17, 15) is 25.2 Å². The van der Waals surface area contributed by atoms with Gasteiger partial charge in [-0.05, 0) is 6.42 Å². The fraction of sp³-hybridized carbons (Fsp3) is 0.500. The molecule has 1 aromatic rings. The molecular weight excluding hydrogens is 245 g/mol. The Morgan fingerprint density at radius 1 is 1.13 bits per heavy atom. The Morgan fingerprint density at radius 2 is 1.60 bits per heavy atom. The first-order chi connectivity index (χ1) is 6.38.